The normalized spacial score (nSPS) is 11.7. The van der Waals surface area contributed by atoms with Crippen molar-refractivity contribution in [2.75, 3.05) is 33.3 Å². The van der Waals surface area contributed by atoms with Gasteiger partial charge in [0.25, 0.3) is 0 Å². The number of likely N-dealkylation sites (N-methyl/N-ethyl adjacent to an activating group) is 1. The first-order chi connectivity index (χ1) is 13.5. The van der Waals surface area contributed by atoms with Crippen molar-refractivity contribution < 1.29 is 9.26 Å². The van der Waals surface area contributed by atoms with E-state index < -0.39 is 0 Å². The highest BCUT2D eigenvalue weighted by Gasteiger charge is 2.10. The highest BCUT2D eigenvalue weighted by atomic mass is 35.5. The van der Waals surface area contributed by atoms with Gasteiger partial charge >= 0.3 is 0 Å². The number of aliphatic imine (C=N–C) groups is 1. The highest BCUT2D eigenvalue weighted by Crippen LogP contribution is 2.15. The number of aryl methyl sites for hydroxylation is 1. The van der Waals surface area contributed by atoms with Gasteiger partial charge in [-0.05, 0) is 37.6 Å². The highest BCUT2D eigenvalue weighted by molar-refractivity contribution is 6.30. The predicted octanol–water partition coefficient (Wildman–Crippen LogP) is 3.76. The molecular formula is C20H30ClN5O2. The molecule has 0 bridgehead atoms. The van der Waals surface area contributed by atoms with E-state index in [4.69, 9.17) is 20.9 Å². The minimum absolute atomic E-state index is 0.277. The SMILES string of the molecule is CCNC(=NCCCc1nc(C(C)C)no1)N(C)CCOc1ccc(Cl)cc1. The molecule has 0 unspecified atom stereocenters. The molecular weight excluding hydrogens is 378 g/mol. The monoisotopic (exact) mass is 407 g/mol. The maximum Gasteiger partial charge on any atom is 0.226 e. The zero-order chi connectivity index (χ0) is 20.4. The molecule has 1 aromatic heterocycles. The van der Waals surface area contributed by atoms with Crippen LogP contribution in [0.3, 0.4) is 0 Å². The molecule has 7 nitrogen and oxygen atoms in total. The molecule has 2 rings (SSSR count). The summed E-state index contributed by atoms with van der Waals surface area (Å²) in [5, 5.41) is 8.00. The largest absolute Gasteiger partial charge is 0.492 e. The van der Waals surface area contributed by atoms with Crippen molar-refractivity contribution in [3.8, 4) is 5.75 Å². The Balaban J connectivity index is 1.76. The Morgan fingerprint density at radius 1 is 1.32 bits per heavy atom. The van der Waals surface area contributed by atoms with Crippen molar-refractivity contribution in [1.82, 2.24) is 20.4 Å². The van der Waals surface area contributed by atoms with Crippen molar-refractivity contribution in [2.45, 2.75) is 39.5 Å². The Kier molecular flexibility index (Phi) is 9.07. The summed E-state index contributed by atoms with van der Waals surface area (Å²) in [7, 11) is 2.00. The van der Waals surface area contributed by atoms with Crippen molar-refractivity contribution in [3.63, 3.8) is 0 Å². The molecule has 1 heterocycles. The molecule has 0 spiro atoms. The number of aromatic nitrogens is 2. The lowest BCUT2D eigenvalue weighted by Crippen LogP contribution is -2.41. The molecule has 0 aliphatic rings. The van der Waals surface area contributed by atoms with Gasteiger partial charge in [0, 0.05) is 37.5 Å². The summed E-state index contributed by atoms with van der Waals surface area (Å²) in [6.07, 6.45) is 1.58. The number of hydrogen-bond donors (Lipinski definition) is 1. The summed E-state index contributed by atoms with van der Waals surface area (Å²) < 4.78 is 11.0. The van der Waals surface area contributed by atoms with Crippen LogP contribution in [0.2, 0.25) is 5.02 Å². The van der Waals surface area contributed by atoms with E-state index in [1.165, 1.54) is 0 Å². The number of halogens is 1. The summed E-state index contributed by atoms with van der Waals surface area (Å²) in [5.41, 5.74) is 0. The lowest BCUT2D eigenvalue weighted by molar-refractivity contribution is 0.281. The Morgan fingerprint density at radius 2 is 2.07 bits per heavy atom. The average Bonchev–Trinajstić information content (AvgIpc) is 3.15. The Labute approximate surface area is 172 Å². The fourth-order valence-electron chi connectivity index (χ4n) is 2.43. The second kappa shape index (κ2) is 11.5. The Morgan fingerprint density at radius 3 is 2.71 bits per heavy atom. The maximum atomic E-state index is 5.89. The Hall–Kier alpha value is -2.28. The zero-order valence-electron chi connectivity index (χ0n) is 17.1. The minimum atomic E-state index is 0.277. The Bertz CT molecular complexity index is 730. The number of rotatable bonds is 10. The summed E-state index contributed by atoms with van der Waals surface area (Å²) in [6, 6.07) is 7.37. The smallest absolute Gasteiger partial charge is 0.226 e. The van der Waals surface area contributed by atoms with E-state index in [1.54, 1.807) is 0 Å². The molecule has 0 radical (unpaired) electrons. The summed E-state index contributed by atoms with van der Waals surface area (Å²) in [4.78, 5) is 11.1. The van der Waals surface area contributed by atoms with Crippen molar-refractivity contribution >= 4 is 17.6 Å². The molecule has 28 heavy (non-hydrogen) atoms. The third kappa shape index (κ3) is 7.38. The third-order valence-electron chi connectivity index (χ3n) is 4.02. The molecule has 154 valence electrons. The molecule has 2 aromatic rings. The fourth-order valence-corrected chi connectivity index (χ4v) is 2.55. The third-order valence-corrected chi connectivity index (χ3v) is 4.27. The lowest BCUT2D eigenvalue weighted by atomic mass is 10.2. The molecule has 0 saturated carbocycles. The molecule has 0 aliphatic carbocycles. The van der Waals surface area contributed by atoms with E-state index in [9.17, 15) is 0 Å². The number of guanidine groups is 1. The second-order valence-corrected chi connectivity index (χ2v) is 7.20. The van der Waals surface area contributed by atoms with E-state index in [-0.39, 0.29) is 5.92 Å². The van der Waals surface area contributed by atoms with E-state index in [0.29, 0.717) is 24.1 Å². The second-order valence-electron chi connectivity index (χ2n) is 6.76. The topological polar surface area (TPSA) is 75.8 Å². The van der Waals surface area contributed by atoms with Gasteiger partial charge in [0.2, 0.25) is 5.89 Å². The number of ether oxygens (including phenoxy) is 1. The molecule has 0 atom stereocenters. The summed E-state index contributed by atoms with van der Waals surface area (Å²) in [6.45, 7) is 8.92. The van der Waals surface area contributed by atoms with Gasteiger partial charge in [-0.2, -0.15) is 4.98 Å². The van der Waals surface area contributed by atoms with Gasteiger partial charge in [-0.25, -0.2) is 0 Å². The van der Waals surface area contributed by atoms with Crippen LogP contribution in [0, 0.1) is 0 Å². The van der Waals surface area contributed by atoms with Gasteiger partial charge in [0.05, 0.1) is 6.54 Å². The van der Waals surface area contributed by atoms with Crippen LogP contribution in [-0.2, 0) is 6.42 Å². The first-order valence-electron chi connectivity index (χ1n) is 9.70. The van der Waals surface area contributed by atoms with Crippen LogP contribution in [-0.4, -0.2) is 54.3 Å². The van der Waals surface area contributed by atoms with Gasteiger partial charge in [0.1, 0.15) is 12.4 Å². The van der Waals surface area contributed by atoms with Crippen LogP contribution >= 0.6 is 11.6 Å². The molecule has 0 saturated heterocycles. The van der Waals surface area contributed by atoms with Gasteiger partial charge < -0.3 is 19.5 Å². The zero-order valence-corrected chi connectivity index (χ0v) is 17.9. The molecule has 1 aromatic carbocycles. The van der Waals surface area contributed by atoms with Crippen molar-refractivity contribution in [1.29, 1.82) is 0 Å². The van der Waals surface area contributed by atoms with Crippen LogP contribution < -0.4 is 10.1 Å². The molecule has 0 amide bonds. The summed E-state index contributed by atoms with van der Waals surface area (Å²) in [5.74, 6) is 3.37. The van der Waals surface area contributed by atoms with E-state index in [2.05, 4.69) is 32.3 Å². The van der Waals surface area contributed by atoms with Crippen LogP contribution in [0.15, 0.2) is 33.8 Å². The average molecular weight is 408 g/mol. The van der Waals surface area contributed by atoms with Gasteiger partial charge in [-0.3, -0.25) is 4.99 Å². The van der Waals surface area contributed by atoms with E-state index >= 15 is 0 Å². The van der Waals surface area contributed by atoms with Crippen molar-refractivity contribution in [3.05, 3.63) is 41.0 Å². The van der Waals surface area contributed by atoms with Crippen LogP contribution in [0.4, 0.5) is 0 Å². The number of nitrogens with one attached hydrogen (secondary N) is 1. The number of benzene rings is 1. The van der Waals surface area contributed by atoms with Crippen LogP contribution in [0.1, 0.15) is 44.8 Å². The molecule has 8 heteroatoms. The first kappa shape index (κ1) is 22.0. The maximum absolute atomic E-state index is 5.89. The number of hydrogen-bond acceptors (Lipinski definition) is 5. The van der Waals surface area contributed by atoms with E-state index in [0.717, 1.165) is 43.5 Å². The van der Waals surface area contributed by atoms with Gasteiger partial charge in [0.15, 0.2) is 11.8 Å². The van der Waals surface area contributed by atoms with E-state index in [1.807, 2.05) is 45.2 Å². The predicted molar refractivity (Wildman–Crippen MR) is 112 cm³/mol. The standard InChI is InChI=1S/C20H30ClN5O2/c1-5-22-20(23-12-6-7-18-24-19(15(2)3)25-28-18)26(4)13-14-27-17-10-8-16(21)9-11-17/h8-11,15H,5-7,12-14H2,1-4H3,(H,22,23). The molecule has 0 aliphatic heterocycles. The van der Waals surface area contributed by atoms with Gasteiger partial charge in [-0.1, -0.05) is 30.6 Å². The van der Waals surface area contributed by atoms with Crippen LogP contribution in [0.5, 0.6) is 5.75 Å². The van der Waals surface area contributed by atoms with Crippen LogP contribution in [0.25, 0.3) is 0 Å². The summed E-state index contributed by atoms with van der Waals surface area (Å²) >= 11 is 5.89. The van der Waals surface area contributed by atoms with Gasteiger partial charge in [-0.15, -0.1) is 0 Å². The minimum Gasteiger partial charge on any atom is -0.492 e. The molecule has 0 fully saturated rings. The number of nitrogens with zero attached hydrogens (tertiary/aromatic N) is 4. The molecule has 1 N–H and O–H groups in total. The lowest BCUT2D eigenvalue weighted by Gasteiger charge is -2.22. The quantitative estimate of drug-likeness (QED) is 0.367. The first-order valence-corrected chi connectivity index (χ1v) is 10.1. The fraction of sp³-hybridized carbons (Fsp3) is 0.550. The van der Waals surface area contributed by atoms with Crippen molar-refractivity contribution in [2.24, 2.45) is 4.99 Å².